The van der Waals surface area contributed by atoms with Crippen molar-refractivity contribution in [1.82, 2.24) is 9.29 Å². The first-order valence-electron chi connectivity index (χ1n) is 5.96. The largest absolute Gasteiger partial charge is 0.481 e. The van der Waals surface area contributed by atoms with E-state index in [9.17, 15) is 13.2 Å². The predicted octanol–water partition coefficient (Wildman–Crippen LogP) is 0.294. The van der Waals surface area contributed by atoms with Crippen molar-refractivity contribution in [3.05, 3.63) is 24.0 Å². The molecule has 0 aromatic carbocycles. The molecule has 1 aliphatic heterocycles. The summed E-state index contributed by atoms with van der Waals surface area (Å²) < 4.78 is 26.0. The molecule has 20 heavy (non-hydrogen) atoms. The van der Waals surface area contributed by atoms with E-state index in [1.807, 2.05) is 0 Å². The summed E-state index contributed by atoms with van der Waals surface area (Å²) in [4.78, 5) is 14.6. The van der Waals surface area contributed by atoms with E-state index in [2.05, 4.69) is 4.98 Å². The molecule has 1 aromatic rings. The Kier molecular flexibility index (Phi) is 3.74. The molecule has 2 heterocycles. The fraction of sp³-hybridized carbons (Fsp3) is 0.417. The van der Waals surface area contributed by atoms with E-state index in [0.717, 1.165) is 4.31 Å². The van der Waals surface area contributed by atoms with Crippen LogP contribution in [0.4, 0.5) is 0 Å². The number of aliphatic carboxylic acids is 1. The zero-order chi connectivity index (χ0) is 14.9. The number of hydrogen-bond donors (Lipinski definition) is 1. The van der Waals surface area contributed by atoms with E-state index in [4.69, 9.17) is 10.4 Å². The Morgan fingerprint density at radius 2 is 2.25 bits per heavy atom. The molecule has 1 N–H and O–H groups in total. The normalized spacial score (nSPS) is 23.4. The standard InChI is InChI=1S/C12H13N3O4S/c1-8-6-15(7-9(8)12(16)17)20(18,19)11-3-2-4-14-10(11)5-13/h2-4,8-9H,6-7H2,1H3,(H,16,17)/t8-,9-/m1/s1. The molecule has 106 valence electrons. The van der Waals surface area contributed by atoms with Gasteiger partial charge in [0.05, 0.1) is 5.92 Å². The van der Waals surface area contributed by atoms with Gasteiger partial charge in [0.2, 0.25) is 10.0 Å². The van der Waals surface area contributed by atoms with E-state index >= 15 is 0 Å². The van der Waals surface area contributed by atoms with Crippen molar-refractivity contribution in [3.8, 4) is 6.07 Å². The molecule has 8 heteroatoms. The minimum atomic E-state index is -3.90. The average Bonchev–Trinajstić information content (AvgIpc) is 2.81. The molecule has 1 saturated heterocycles. The minimum Gasteiger partial charge on any atom is -0.481 e. The number of carboxylic acids is 1. The van der Waals surface area contributed by atoms with E-state index in [0.29, 0.717) is 0 Å². The molecule has 0 unspecified atom stereocenters. The summed E-state index contributed by atoms with van der Waals surface area (Å²) in [6.07, 6.45) is 1.34. The second kappa shape index (κ2) is 5.19. The highest BCUT2D eigenvalue weighted by atomic mass is 32.2. The maximum absolute atomic E-state index is 12.5. The highest BCUT2D eigenvalue weighted by Crippen LogP contribution is 2.29. The SMILES string of the molecule is C[C@@H]1CN(S(=O)(=O)c2cccnc2C#N)C[C@H]1C(=O)O. The number of aromatic nitrogens is 1. The molecule has 0 bridgehead atoms. The van der Waals surface area contributed by atoms with Crippen LogP contribution in [0.15, 0.2) is 23.2 Å². The number of nitriles is 1. The third kappa shape index (κ3) is 2.37. The second-order valence-corrected chi connectivity index (χ2v) is 6.61. The molecule has 0 saturated carbocycles. The van der Waals surface area contributed by atoms with Crippen molar-refractivity contribution in [3.63, 3.8) is 0 Å². The average molecular weight is 295 g/mol. The summed E-state index contributed by atoms with van der Waals surface area (Å²) >= 11 is 0. The van der Waals surface area contributed by atoms with Crippen molar-refractivity contribution in [2.24, 2.45) is 11.8 Å². The smallest absolute Gasteiger partial charge is 0.308 e. The van der Waals surface area contributed by atoms with E-state index in [1.165, 1.54) is 18.3 Å². The molecule has 2 rings (SSSR count). The number of hydrogen-bond acceptors (Lipinski definition) is 5. The van der Waals surface area contributed by atoms with Gasteiger partial charge in [0, 0.05) is 19.3 Å². The predicted molar refractivity (Wildman–Crippen MR) is 68.0 cm³/mol. The van der Waals surface area contributed by atoms with Gasteiger partial charge in [-0.05, 0) is 18.1 Å². The van der Waals surface area contributed by atoms with Gasteiger partial charge in [-0.2, -0.15) is 9.57 Å². The Morgan fingerprint density at radius 1 is 1.55 bits per heavy atom. The van der Waals surface area contributed by atoms with Crippen LogP contribution in [-0.2, 0) is 14.8 Å². The summed E-state index contributed by atoms with van der Waals surface area (Å²) in [5.41, 5.74) is -0.182. The molecular formula is C12H13N3O4S. The minimum absolute atomic E-state index is 0.0847. The van der Waals surface area contributed by atoms with Gasteiger partial charge in [-0.25, -0.2) is 13.4 Å². The molecule has 2 atom stereocenters. The molecule has 0 spiro atoms. The Morgan fingerprint density at radius 3 is 2.80 bits per heavy atom. The summed E-state index contributed by atoms with van der Waals surface area (Å²) in [5, 5.41) is 18.0. The lowest BCUT2D eigenvalue weighted by molar-refractivity contribution is -0.142. The number of nitrogens with zero attached hydrogens (tertiary/aromatic N) is 3. The van der Waals surface area contributed by atoms with Crippen molar-refractivity contribution in [2.45, 2.75) is 11.8 Å². The van der Waals surface area contributed by atoms with Crippen LogP contribution in [0.5, 0.6) is 0 Å². The zero-order valence-corrected chi connectivity index (χ0v) is 11.5. The first-order valence-corrected chi connectivity index (χ1v) is 7.40. The van der Waals surface area contributed by atoms with Crippen LogP contribution in [-0.4, -0.2) is 41.9 Å². The van der Waals surface area contributed by atoms with Crippen molar-refractivity contribution >= 4 is 16.0 Å². The van der Waals surface area contributed by atoms with Crippen LogP contribution in [0.25, 0.3) is 0 Å². The molecule has 1 fully saturated rings. The van der Waals surface area contributed by atoms with E-state index < -0.39 is 21.9 Å². The number of carbonyl (C=O) groups is 1. The lowest BCUT2D eigenvalue weighted by atomic mass is 9.99. The van der Waals surface area contributed by atoms with E-state index in [1.54, 1.807) is 13.0 Å². The fourth-order valence-electron chi connectivity index (χ4n) is 2.26. The molecule has 0 aliphatic carbocycles. The van der Waals surface area contributed by atoms with Gasteiger partial charge in [-0.3, -0.25) is 4.79 Å². The van der Waals surface area contributed by atoms with E-state index in [-0.39, 0.29) is 29.6 Å². The first-order chi connectivity index (χ1) is 9.37. The Bertz CT molecular complexity index is 680. The Labute approximate surface area is 116 Å². The lowest BCUT2D eigenvalue weighted by Crippen LogP contribution is -2.30. The lowest BCUT2D eigenvalue weighted by Gasteiger charge is -2.16. The summed E-state index contributed by atoms with van der Waals surface area (Å²) in [6.45, 7) is 1.74. The van der Waals surface area contributed by atoms with Gasteiger partial charge in [-0.1, -0.05) is 6.92 Å². The van der Waals surface area contributed by atoms with Crippen molar-refractivity contribution in [2.75, 3.05) is 13.1 Å². The highest BCUT2D eigenvalue weighted by Gasteiger charge is 2.41. The Balaban J connectivity index is 2.38. The molecule has 1 aliphatic rings. The monoisotopic (exact) mass is 295 g/mol. The summed E-state index contributed by atoms with van der Waals surface area (Å²) in [7, 11) is -3.90. The van der Waals surface area contributed by atoms with Gasteiger partial charge in [0.25, 0.3) is 0 Å². The van der Waals surface area contributed by atoms with Crippen LogP contribution in [0.2, 0.25) is 0 Å². The van der Waals surface area contributed by atoms with Crippen molar-refractivity contribution in [1.29, 1.82) is 5.26 Å². The molecule has 0 amide bonds. The third-order valence-electron chi connectivity index (χ3n) is 3.39. The molecule has 1 aromatic heterocycles. The van der Waals surface area contributed by atoms with Gasteiger partial charge in [0.15, 0.2) is 5.69 Å². The number of carboxylic acid groups (broad SMARTS) is 1. The van der Waals surface area contributed by atoms with Crippen LogP contribution in [0, 0.1) is 23.2 Å². The third-order valence-corrected chi connectivity index (χ3v) is 5.25. The number of pyridine rings is 1. The van der Waals surface area contributed by atoms with Crippen LogP contribution in [0.3, 0.4) is 0 Å². The molecular weight excluding hydrogens is 282 g/mol. The Hall–Kier alpha value is -1.98. The topological polar surface area (TPSA) is 111 Å². The maximum Gasteiger partial charge on any atom is 0.308 e. The van der Waals surface area contributed by atoms with Crippen molar-refractivity contribution < 1.29 is 18.3 Å². The zero-order valence-electron chi connectivity index (χ0n) is 10.7. The van der Waals surface area contributed by atoms with Crippen LogP contribution in [0.1, 0.15) is 12.6 Å². The molecule has 0 radical (unpaired) electrons. The van der Waals surface area contributed by atoms with Crippen LogP contribution >= 0.6 is 0 Å². The second-order valence-electron chi connectivity index (χ2n) is 4.71. The fourth-order valence-corrected chi connectivity index (χ4v) is 3.92. The summed E-state index contributed by atoms with van der Waals surface area (Å²) in [6, 6.07) is 4.47. The number of sulfonamides is 1. The molecule has 7 nitrogen and oxygen atoms in total. The van der Waals surface area contributed by atoms with Gasteiger partial charge in [0.1, 0.15) is 11.0 Å². The van der Waals surface area contributed by atoms with Crippen LogP contribution < -0.4 is 0 Å². The van der Waals surface area contributed by atoms with Gasteiger partial charge in [-0.15, -0.1) is 0 Å². The first kappa shape index (κ1) is 14.4. The van der Waals surface area contributed by atoms with Gasteiger partial charge >= 0.3 is 5.97 Å². The quantitative estimate of drug-likeness (QED) is 0.858. The summed E-state index contributed by atoms with van der Waals surface area (Å²) in [5.74, 6) is -2.02. The maximum atomic E-state index is 12.5. The van der Waals surface area contributed by atoms with Gasteiger partial charge < -0.3 is 5.11 Å². The number of rotatable bonds is 3. The highest BCUT2D eigenvalue weighted by molar-refractivity contribution is 7.89.